The molecule has 1 aromatic heterocycles. The number of rotatable bonds is 9. The number of fused-ring (bicyclic) bond motifs is 1. The maximum absolute atomic E-state index is 11.1. The maximum atomic E-state index is 11.1. The van der Waals surface area contributed by atoms with E-state index in [4.69, 9.17) is 4.74 Å². The second-order valence-electron chi connectivity index (χ2n) is 9.08. The van der Waals surface area contributed by atoms with Gasteiger partial charge in [0.15, 0.2) is 0 Å². The van der Waals surface area contributed by atoms with Gasteiger partial charge in [-0.1, -0.05) is 43.3 Å². The molecule has 4 heteroatoms. The molecular weight excluding hydrogens is 408 g/mol. The molecule has 1 aliphatic heterocycles. The Morgan fingerprint density at radius 1 is 1.18 bits per heavy atom. The van der Waals surface area contributed by atoms with Crippen LogP contribution in [-0.4, -0.2) is 30.3 Å². The summed E-state index contributed by atoms with van der Waals surface area (Å²) in [5.41, 5.74) is 4.57. The SMILES string of the molecule is CCc1ccccc1/C=C/C[C@H]1CNCC[C@H]1CCC(O)c1ccnc2ccc(OC)cc12. The summed E-state index contributed by atoms with van der Waals surface area (Å²) in [6.07, 6.45) is 11.0. The highest BCUT2D eigenvalue weighted by atomic mass is 16.5. The highest BCUT2D eigenvalue weighted by Crippen LogP contribution is 2.33. The Balaban J connectivity index is 1.40. The molecule has 1 saturated heterocycles. The topological polar surface area (TPSA) is 54.4 Å². The lowest BCUT2D eigenvalue weighted by molar-refractivity contribution is 0.141. The molecule has 2 aromatic carbocycles. The molecule has 4 nitrogen and oxygen atoms in total. The molecule has 1 aliphatic rings. The Kier molecular flexibility index (Phi) is 8.14. The summed E-state index contributed by atoms with van der Waals surface area (Å²) in [6.45, 7) is 4.33. The van der Waals surface area contributed by atoms with Crippen molar-refractivity contribution in [2.45, 2.75) is 45.1 Å². The number of allylic oxidation sites excluding steroid dienone is 1. The van der Waals surface area contributed by atoms with Crippen LogP contribution in [0.4, 0.5) is 0 Å². The third-order valence-electron chi connectivity index (χ3n) is 7.09. The zero-order valence-electron chi connectivity index (χ0n) is 19.8. The highest BCUT2D eigenvalue weighted by Gasteiger charge is 2.25. The molecule has 2 N–H and O–H groups in total. The predicted octanol–water partition coefficient (Wildman–Crippen LogP) is 5.95. The number of methoxy groups -OCH3 is 1. The van der Waals surface area contributed by atoms with Crippen LogP contribution >= 0.6 is 0 Å². The number of nitrogens with zero attached hydrogens (tertiary/aromatic N) is 1. The minimum atomic E-state index is -0.495. The van der Waals surface area contributed by atoms with Crippen LogP contribution in [0, 0.1) is 11.8 Å². The fourth-order valence-corrected chi connectivity index (χ4v) is 5.11. The standard InChI is InChI=1S/C29H36N2O2/c1-3-21-7-4-5-8-22(21)9-6-10-24-20-30-17-15-23(24)11-14-29(32)26-16-18-31-28-13-12-25(33-2)19-27(26)28/h4-9,12-13,16,18-19,23-24,29-30,32H,3,10-11,14-15,17,20H2,1-2H3/b9-6+/t23-,24+,29?/m1/s1. The van der Waals surface area contributed by atoms with Crippen LogP contribution in [0.1, 0.15) is 55.4 Å². The van der Waals surface area contributed by atoms with Gasteiger partial charge in [-0.25, -0.2) is 0 Å². The van der Waals surface area contributed by atoms with Crippen molar-refractivity contribution in [3.63, 3.8) is 0 Å². The summed E-state index contributed by atoms with van der Waals surface area (Å²) in [5, 5.41) is 15.6. The van der Waals surface area contributed by atoms with Crippen LogP contribution in [0.5, 0.6) is 5.75 Å². The second-order valence-corrected chi connectivity index (χ2v) is 9.08. The first-order chi connectivity index (χ1) is 16.2. The van der Waals surface area contributed by atoms with Crippen molar-refractivity contribution in [1.29, 1.82) is 0 Å². The van der Waals surface area contributed by atoms with Crippen LogP contribution < -0.4 is 10.1 Å². The number of pyridine rings is 1. The van der Waals surface area contributed by atoms with Gasteiger partial charge in [-0.3, -0.25) is 4.98 Å². The predicted molar refractivity (Wildman–Crippen MR) is 136 cm³/mol. The third-order valence-corrected chi connectivity index (χ3v) is 7.09. The van der Waals surface area contributed by atoms with Gasteiger partial charge < -0.3 is 15.2 Å². The number of benzene rings is 2. The summed E-state index contributed by atoms with van der Waals surface area (Å²) in [7, 11) is 1.67. The lowest BCUT2D eigenvalue weighted by atomic mass is 9.80. The second kappa shape index (κ2) is 11.4. The number of nitrogens with one attached hydrogen (secondary N) is 1. The van der Waals surface area contributed by atoms with Crippen molar-refractivity contribution in [1.82, 2.24) is 10.3 Å². The van der Waals surface area contributed by atoms with Gasteiger partial charge in [0.1, 0.15) is 5.75 Å². The van der Waals surface area contributed by atoms with E-state index in [1.807, 2.05) is 24.3 Å². The summed E-state index contributed by atoms with van der Waals surface area (Å²) in [4.78, 5) is 4.45. The van der Waals surface area contributed by atoms with E-state index in [0.29, 0.717) is 11.8 Å². The number of ether oxygens (including phenoxy) is 1. The Bertz CT molecular complexity index is 1080. The molecule has 0 saturated carbocycles. The minimum absolute atomic E-state index is 0.495. The van der Waals surface area contributed by atoms with E-state index in [9.17, 15) is 5.11 Å². The lowest BCUT2D eigenvalue weighted by Gasteiger charge is -2.32. The zero-order chi connectivity index (χ0) is 23.0. The molecule has 3 atom stereocenters. The molecule has 174 valence electrons. The first-order valence-electron chi connectivity index (χ1n) is 12.3. The molecule has 0 spiro atoms. The van der Waals surface area contributed by atoms with Gasteiger partial charge in [-0.2, -0.15) is 0 Å². The molecule has 2 heterocycles. The average molecular weight is 445 g/mol. The first-order valence-corrected chi connectivity index (χ1v) is 12.3. The van der Waals surface area contributed by atoms with Crippen molar-refractivity contribution in [2.24, 2.45) is 11.8 Å². The molecular formula is C29H36N2O2. The summed E-state index contributed by atoms with van der Waals surface area (Å²) in [5.74, 6) is 2.01. The van der Waals surface area contributed by atoms with Gasteiger partial charge in [0.05, 0.1) is 18.7 Å². The monoisotopic (exact) mass is 444 g/mol. The van der Waals surface area contributed by atoms with Gasteiger partial charge >= 0.3 is 0 Å². The number of aliphatic hydroxyl groups excluding tert-OH is 1. The molecule has 1 unspecified atom stereocenters. The smallest absolute Gasteiger partial charge is 0.119 e. The number of piperidine rings is 1. The average Bonchev–Trinajstić information content (AvgIpc) is 2.87. The Hall–Kier alpha value is -2.69. The number of aliphatic hydroxyl groups is 1. The number of aromatic nitrogens is 1. The van der Waals surface area contributed by atoms with Gasteiger partial charge in [0.25, 0.3) is 0 Å². The van der Waals surface area contributed by atoms with E-state index >= 15 is 0 Å². The molecule has 33 heavy (non-hydrogen) atoms. The molecule has 0 bridgehead atoms. The van der Waals surface area contributed by atoms with E-state index in [1.54, 1.807) is 13.3 Å². The lowest BCUT2D eigenvalue weighted by Crippen LogP contribution is -2.36. The number of hydrogen-bond donors (Lipinski definition) is 2. The van der Waals surface area contributed by atoms with Gasteiger partial charge in [-0.05, 0) is 98.0 Å². The van der Waals surface area contributed by atoms with E-state index < -0.39 is 6.10 Å². The highest BCUT2D eigenvalue weighted by molar-refractivity contribution is 5.83. The summed E-state index contributed by atoms with van der Waals surface area (Å²) in [6, 6.07) is 16.4. The zero-order valence-corrected chi connectivity index (χ0v) is 19.8. The van der Waals surface area contributed by atoms with Crippen LogP contribution in [0.2, 0.25) is 0 Å². The van der Waals surface area contributed by atoms with Gasteiger partial charge in [0, 0.05) is 11.6 Å². The van der Waals surface area contributed by atoms with E-state index in [1.165, 1.54) is 17.5 Å². The fourth-order valence-electron chi connectivity index (χ4n) is 5.11. The van der Waals surface area contributed by atoms with Crippen molar-refractivity contribution >= 4 is 17.0 Å². The molecule has 0 aliphatic carbocycles. The van der Waals surface area contributed by atoms with Gasteiger partial charge in [0.2, 0.25) is 0 Å². The quantitative estimate of drug-likeness (QED) is 0.428. The molecule has 0 amide bonds. The van der Waals surface area contributed by atoms with E-state index in [-0.39, 0.29) is 0 Å². The largest absolute Gasteiger partial charge is 0.497 e. The van der Waals surface area contributed by atoms with Crippen LogP contribution in [-0.2, 0) is 6.42 Å². The third kappa shape index (κ3) is 5.82. The minimum Gasteiger partial charge on any atom is -0.497 e. The Morgan fingerprint density at radius 3 is 2.91 bits per heavy atom. The Labute approximate surface area is 197 Å². The number of hydrogen-bond acceptors (Lipinski definition) is 4. The Morgan fingerprint density at radius 2 is 2.06 bits per heavy atom. The molecule has 0 radical (unpaired) electrons. The van der Waals surface area contributed by atoms with Crippen molar-refractivity contribution in [2.75, 3.05) is 20.2 Å². The maximum Gasteiger partial charge on any atom is 0.119 e. The molecule has 4 rings (SSSR count). The van der Waals surface area contributed by atoms with Crippen LogP contribution in [0.25, 0.3) is 17.0 Å². The van der Waals surface area contributed by atoms with Crippen molar-refractivity contribution < 1.29 is 9.84 Å². The van der Waals surface area contributed by atoms with Gasteiger partial charge in [-0.15, -0.1) is 0 Å². The van der Waals surface area contributed by atoms with Crippen molar-refractivity contribution in [3.05, 3.63) is 77.5 Å². The normalized spacial score (nSPS) is 19.7. The molecule has 1 fully saturated rings. The summed E-state index contributed by atoms with van der Waals surface area (Å²) < 4.78 is 5.39. The fraction of sp³-hybridized carbons (Fsp3) is 0.414. The van der Waals surface area contributed by atoms with E-state index in [2.05, 4.69) is 53.6 Å². The van der Waals surface area contributed by atoms with Crippen molar-refractivity contribution in [3.8, 4) is 5.75 Å². The molecule has 3 aromatic rings. The summed E-state index contributed by atoms with van der Waals surface area (Å²) >= 11 is 0. The van der Waals surface area contributed by atoms with Crippen LogP contribution in [0.3, 0.4) is 0 Å². The first kappa shape index (κ1) is 23.5. The van der Waals surface area contributed by atoms with Crippen LogP contribution in [0.15, 0.2) is 60.8 Å². The van der Waals surface area contributed by atoms with E-state index in [0.717, 1.165) is 61.0 Å². The number of aryl methyl sites for hydroxylation is 1.